The molecule has 3 amide bonds. The number of carbonyl (C=O) groups excluding carboxylic acids is 3. The Balaban J connectivity index is 1.70. The molecule has 10 heteroatoms. The Hall–Kier alpha value is -3.24. The first kappa shape index (κ1) is 24.9. The first-order valence-electron chi connectivity index (χ1n) is 12.1. The van der Waals surface area contributed by atoms with E-state index < -0.39 is 5.54 Å². The van der Waals surface area contributed by atoms with E-state index in [1.807, 2.05) is 45.2 Å². The second-order valence-electron chi connectivity index (χ2n) is 9.94. The quantitative estimate of drug-likeness (QED) is 0.494. The minimum Gasteiger partial charge on any atom is -0.357 e. The third kappa shape index (κ3) is 4.81. The average molecular weight is 482 g/mol. The predicted octanol–water partition coefficient (Wildman–Crippen LogP) is 1.34. The maximum Gasteiger partial charge on any atom is 0.272 e. The number of hydrazine groups is 1. The third-order valence-electron chi connectivity index (χ3n) is 7.20. The molecule has 1 aromatic carbocycles. The molecule has 1 fully saturated rings. The van der Waals surface area contributed by atoms with Gasteiger partial charge in [-0.3, -0.25) is 19.8 Å². The maximum atomic E-state index is 13.5. The zero-order valence-corrected chi connectivity index (χ0v) is 21.1. The van der Waals surface area contributed by atoms with Crippen molar-refractivity contribution in [2.75, 3.05) is 20.6 Å². The number of imidazole rings is 1. The standard InChI is InChI=1S/C25H35N7O3/c1-15(2)25(3,24(35)26-4)28-23(34)21-19-14-31(5)11-6-12-32(19)22(27-21)17-9-7-16(8-10-17)18-13-20(33)30-29-18/h7-10,15,18,29H,6,11-14H2,1-5H3,(H,26,35)(H,28,34)(H,30,33). The van der Waals surface area contributed by atoms with Gasteiger partial charge in [-0.25, -0.2) is 10.4 Å². The fraction of sp³-hybridized carbons (Fsp3) is 0.520. The first-order chi connectivity index (χ1) is 16.6. The summed E-state index contributed by atoms with van der Waals surface area (Å²) in [5.74, 6) is -0.0127. The number of aromatic nitrogens is 2. The van der Waals surface area contributed by atoms with Crippen molar-refractivity contribution in [3.05, 3.63) is 41.2 Å². The number of rotatable bonds is 6. The van der Waals surface area contributed by atoms with Crippen LogP contribution < -0.4 is 21.5 Å². The lowest BCUT2D eigenvalue weighted by Crippen LogP contribution is -2.59. The van der Waals surface area contributed by atoms with Crippen LogP contribution in [0.4, 0.5) is 0 Å². The van der Waals surface area contributed by atoms with Gasteiger partial charge in [0.2, 0.25) is 11.8 Å². The summed E-state index contributed by atoms with van der Waals surface area (Å²) in [5, 5.41) is 5.63. The minimum absolute atomic E-state index is 0.0254. The molecule has 4 N–H and O–H groups in total. The summed E-state index contributed by atoms with van der Waals surface area (Å²) in [6.07, 6.45) is 1.34. The average Bonchev–Trinajstić information content (AvgIpc) is 3.36. The highest BCUT2D eigenvalue weighted by Gasteiger charge is 2.39. The van der Waals surface area contributed by atoms with Crippen molar-refractivity contribution in [3.63, 3.8) is 0 Å². The highest BCUT2D eigenvalue weighted by atomic mass is 16.2. The van der Waals surface area contributed by atoms with Gasteiger partial charge >= 0.3 is 0 Å². The molecule has 0 saturated carbocycles. The number of nitrogens with one attached hydrogen (secondary N) is 4. The molecule has 1 aromatic heterocycles. The summed E-state index contributed by atoms with van der Waals surface area (Å²) in [5.41, 5.74) is 7.66. The summed E-state index contributed by atoms with van der Waals surface area (Å²) in [4.78, 5) is 44.7. The Morgan fingerprint density at radius 3 is 2.51 bits per heavy atom. The van der Waals surface area contributed by atoms with Gasteiger partial charge in [-0.05, 0) is 38.4 Å². The smallest absolute Gasteiger partial charge is 0.272 e. The molecule has 0 radical (unpaired) electrons. The predicted molar refractivity (Wildman–Crippen MR) is 132 cm³/mol. The van der Waals surface area contributed by atoms with Crippen molar-refractivity contribution >= 4 is 17.7 Å². The van der Waals surface area contributed by atoms with E-state index in [0.717, 1.165) is 42.2 Å². The van der Waals surface area contributed by atoms with Gasteiger partial charge < -0.3 is 20.1 Å². The van der Waals surface area contributed by atoms with Gasteiger partial charge in [0.25, 0.3) is 5.91 Å². The van der Waals surface area contributed by atoms with E-state index in [-0.39, 0.29) is 29.7 Å². The highest BCUT2D eigenvalue weighted by Crippen LogP contribution is 2.29. The zero-order chi connectivity index (χ0) is 25.3. The van der Waals surface area contributed by atoms with E-state index in [1.54, 1.807) is 14.0 Å². The largest absolute Gasteiger partial charge is 0.357 e. The maximum absolute atomic E-state index is 13.5. The number of fused-ring (bicyclic) bond motifs is 1. The molecule has 0 spiro atoms. The highest BCUT2D eigenvalue weighted by molar-refractivity contribution is 5.99. The number of hydrogen-bond acceptors (Lipinski definition) is 6. The second-order valence-corrected chi connectivity index (χ2v) is 9.94. The van der Waals surface area contributed by atoms with Crippen molar-refractivity contribution in [2.24, 2.45) is 5.92 Å². The van der Waals surface area contributed by atoms with Crippen LogP contribution in [0, 0.1) is 5.92 Å². The lowest BCUT2D eigenvalue weighted by Gasteiger charge is -2.32. The van der Waals surface area contributed by atoms with Crippen LogP contribution in [-0.4, -0.2) is 58.4 Å². The fourth-order valence-electron chi connectivity index (χ4n) is 4.66. The summed E-state index contributed by atoms with van der Waals surface area (Å²) in [7, 11) is 3.60. The Kier molecular flexibility index (Phi) is 6.95. The zero-order valence-electron chi connectivity index (χ0n) is 21.1. The van der Waals surface area contributed by atoms with Gasteiger partial charge in [0.1, 0.15) is 11.4 Å². The van der Waals surface area contributed by atoms with E-state index in [4.69, 9.17) is 4.98 Å². The van der Waals surface area contributed by atoms with Gasteiger partial charge in [-0.1, -0.05) is 38.1 Å². The normalized spacial score (nSPS) is 20.1. The lowest BCUT2D eigenvalue weighted by atomic mass is 9.87. The van der Waals surface area contributed by atoms with Crippen molar-refractivity contribution in [1.82, 2.24) is 35.9 Å². The van der Waals surface area contributed by atoms with E-state index >= 15 is 0 Å². The van der Waals surface area contributed by atoms with E-state index in [0.29, 0.717) is 18.7 Å². The number of likely N-dealkylation sites (N-methyl/N-ethyl adjacent to an activating group) is 1. The summed E-state index contributed by atoms with van der Waals surface area (Å²) in [6, 6.07) is 7.86. The SMILES string of the molecule is CNC(=O)C(C)(NC(=O)c1nc(-c2ccc(C3CC(=O)NN3)cc2)n2c1CN(C)CCC2)C(C)C. The van der Waals surface area contributed by atoms with Gasteiger partial charge in [0.05, 0.1) is 11.7 Å². The molecule has 0 aliphatic carbocycles. The van der Waals surface area contributed by atoms with Gasteiger partial charge in [0.15, 0.2) is 5.69 Å². The van der Waals surface area contributed by atoms with Crippen molar-refractivity contribution < 1.29 is 14.4 Å². The third-order valence-corrected chi connectivity index (χ3v) is 7.20. The van der Waals surface area contributed by atoms with Crippen LogP contribution in [0.15, 0.2) is 24.3 Å². The van der Waals surface area contributed by atoms with E-state index in [2.05, 4.69) is 31.0 Å². The lowest BCUT2D eigenvalue weighted by molar-refractivity contribution is -0.127. The van der Waals surface area contributed by atoms with Crippen LogP contribution in [0.5, 0.6) is 0 Å². The number of carbonyl (C=O) groups is 3. The van der Waals surface area contributed by atoms with Crippen molar-refractivity contribution in [1.29, 1.82) is 0 Å². The molecule has 188 valence electrons. The molecule has 2 atom stereocenters. The first-order valence-corrected chi connectivity index (χ1v) is 12.1. The van der Waals surface area contributed by atoms with Crippen LogP contribution in [0.2, 0.25) is 0 Å². The van der Waals surface area contributed by atoms with E-state index in [1.165, 1.54) is 0 Å². The summed E-state index contributed by atoms with van der Waals surface area (Å²) >= 11 is 0. The van der Waals surface area contributed by atoms with Crippen LogP contribution in [0.25, 0.3) is 11.4 Å². The van der Waals surface area contributed by atoms with Gasteiger partial charge in [0, 0.05) is 32.1 Å². The molecule has 2 unspecified atom stereocenters. The van der Waals surface area contributed by atoms with Crippen LogP contribution >= 0.6 is 0 Å². The molecule has 2 aliphatic heterocycles. The Labute approximate surface area is 205 Å². The molecule has 4 rings (SSSR count). The second kappa shape index (κ2) is 9.79. The molecule has 35 heavy (non-hydrogen) atoms. The number of amides is 3. The Morgan fingerprint density at radius 1 is 1.20 bits per heavy atom. The van der Waals surface area contributed by atoms with Crippen LogP contribution in [-0.2, 0) is 22.7 Å². The van der Waals surface area contributed by atoms with Gasteiger partial charge in [-0.15, -0.1) is 0 Å². The number of benzene rings is 1. The van der Waals surface area contributed by atoms with Crippen LogP contribution in [0.1, 0.15) is 61.4 Å². The summed E-state index contributed by atoms with van der Waals surface area (Å²) in [6.45, 7) is 7.81. The summed E-state index contributed by atoms with van der Waals surface area (Å²) < 4.78 is 2.12. The number of hydrogen-bond donors (Lipinski definition) is 4. The molecule has 1 saturated heterocycles. The monoisotopic (exact) mass is 481 g/mol. The number of nitrogens with zero attached hydrogens (tertiary/aromatic N) is 3. The molecular formula is C25H35N7O3. The fourth-order valence-corrected chi connectivity index (χ4v) is 4.66. The Bertz CT molecular complexity index is 1120. The van der Waals surface area contributed by atoms with Crippen molar-refractivity contribution in [2.45, 2.75) is 58.3 Å². The molecule has 2 aromatic rings. The van der Waals surface area contributed by atoms with Gasteiger partial charge in [-0.2, -0.15) is 0 Å². The Morgan fingerprint density at radius 2 is 1.91 bits per heavy atom. The topological polar surface area (TPSA) is 120 Å². The molecule has 3 heterocycles. The molecular weight excluding hydrogens is 446 g/mol. The molecule has 0 bridgehead atoms. The molecule has 2 aliphatic rings. The van der Waals surface area contributed by atoms with E-state index in [9.17, 15) is 14.4 Å². The molecule has 10 nitrogen and oxygen atoms in total. The van der Waals surface area contributed by atoms with Crippen LogP contribution in [0.3, 0.4) is 0 Å². The van der Waals surface area contributed by atoms with Crippen molar-refractivity contribution in [3.8, 4) is 11.4 Å². The minimum atomic E-state index is -1.07.